The van der Waals surface area contributed by atoms with E-state index in [1.54, 1.807) is 0 Å². The lowest BCUT2D eigenvalue weighted by atomic mass is 9.87. The van der Waals surface area contributed by atoms with Gasteiger partial charge in [-0.05, 0) is 31.9 Å². The maximum absolute atomic E-state index is 5.64. The number of hydrogen-bond acceptors (Lipinski definition) is 3. The van der Waals surface area contributed by atoms with E-state index >= 15 is 0 Å². The van der Waals surface area contributed by atoms with Gasteiger partial charge in [0, 0.05) is 44.6 Å². The lowest BCUT2D eigenvalue weighted by Gasteiger charge is -2.24. The fourth-order valence-corrected chi connectivity index (χ4v) is 3.90. The van der Waals surface area contributed by atoms with E-state index in [-0.39, 0.29) is 24.0 Å². The number of benzene rings is 1. The van der Waals surface area contributed by atoms with Crippen molar-refractivity contribution >= 4 is 41.0 Å². The highest BCUT2D eigenvalue weighted by Crippen LogP contribution is 2.38. The normalized spacial score (nSPS) is 23.0. The van der Waals surface area contributed by atoms with Crippen molar-refractivity contribution in [2.75, 3.05) is 39.4 Å². The third-order valence-electron chi connectivity index (χ3n) is 5.31. The van der Waals surface area contributed by atoms with E-state index in [1.165, 1.54) is 12.8 Å². The predicted molar refractivity (Wildman–Crippen MR) is 115 cm³/mol. The van der Waals surface area contributed by atoms with E-state index in [0.29, 0.717) is 5.41 Å². The average molecular weight is 469 g/mol. The topological polar surface area (TPSA) is 65.5 Å². The Labute approximate surface area is 171 Å². The van der Waals surface area contributed by atoms with Crippen LogP contribution in [-0.2, 0) is 11.2 Å². The van der Waals surface area contributed by atoms with Gasteiger partial charge < -0.3 is 19.9 Å². The van der Waals surface area contributed by atoms with E-state index in [9.17, 15) is 0 Å². The smallest absolute Gasteiger partial charge is 0.193 e. The first-order chi connectivity index (χ1) is 12.3. The van der Waals surface area contributed by atoms with Crippen molar-refractivity contribution in [2.24, 2.45) is 10.4 Å². The minimum Gasteiger partial charge on any atom is -0.381 e. The van der Waals surface area contributed by atoms with Gasteiger partial charge in [-0.25, -0.2) is 4.98 Å². The zero-order chi connectivity index (χ0) is 17.1. The average Bonchev–Trinajstić information content (AvgIpc) is 3.35. The van der Waals surface area contributed by atoms with Crippen molar-refractivity contribution in [3.63, 3.8) is 0 Å². The highest BCUT2D eigenvalue weighted by Gasteiger charge is 2.42. The summed E-state index contributed by atoms with van der Waals surface area (Å²) in [6.07, 6.45) is 3.22. The molecule has 0 bridgehead atoms. The number of likely N-dealkylation sites (tertiary alicyclic amines) is 1. The van der Waals surface area contributed by atoms with Crippen molar-refractivity contribution in [3.05, 3.63) is 30.1 Å². The third kappa shape index (κ3) is 4.14. The number of guanidine groups is 1. The molecule has 142 valence electrons. The quantitative estimate of drug-likeness (QED) is 0.411. The third-order valence-corrected chi connectivity index (χ3v) is 5.31. The number of halogens is 1. The number of hydrogen-bond donors (Lipinski definition) is 2. The second-order valence-corrected chi connectivity index (χ2v) is 7.16. The van der Waals surface area contributed by atoms with Crippen LogP contribution in [0.1, 0.15) is 25.6 Å². The molecule has 2 aliphatic rings. The summed E-state index contributed by atoms with van der Waals surface area (Å²) in [5.41, 5.74) is 2.47. The van der Waals surface area contributed by atoms with E-state index in [4.69, 9.17) is 9.73 Å². The van der Waals surface area contributed by atoms with Crippen LogP contribution < -0.4 is 5.32 Å². The molecular formula is C19H28IN5O. The molecule has 1 spiro atoms. The Morgan fingerprint density at radius 3 is 3.04 bits per heavy atom. The van der Waals surface area contributed by atoms with Crippen LogP contribution in [0.15, 0.2) is 29.3 Å². The Balaban J connectivity index is 0.00000196. The van der Waals surface area contributed by atoms with Gasteiger partial charge in [0.15, 0.2) is 5.96 Å². The molecule has 1 atom stereocenters. The van der Waals surface area contributed by atoms with E-state index in [0.717, 1.165) is 68.6 Å². The number of para-hydroxylation sites is 2. The van der Waals surface area contributed by atoms with Gasteiger partial charge in [-0.15, -0.1) is 24.0 Å². The monoisotopic (exact) mass is 469 g/mol. The highest BCUT2D eigenvalue weighted by molar-refractivity contribution is 14.0. The zero-order valence-electron chi connectivity index (χ0n) is 15.3. The van der Waals surface area contributed by atoms with Crippen LogP contribution in [0.2, 0.25) is 0 Å². The van der Waals surface area contributed by atoms with Crippen LogP contribution in [-0.4, -0.2) is 60.2 Å². The number of imidazole rings is 1. The lowest BCUT2D eigenvalue weighted by Crippen LogP contribution is -2.41. The first-order valence-corrected chi connectivity index (χ1v) is 9.33. The maximum atomic E-state index is 5.64. The second kappa shape index (κ2) is 8.56. The maximum Gasteiger partial charge on any atom is 0.193 e. The van der Waals surface area contributed by atoms with Crippen LogP contribution in [0.5, 0.6) is 0 Å². The number of aromatic nitrogens is 2. The first kappa shape index (κ1) is 19.4. The minimum absolute atomic E-state index is 0. The molecule has 7 heteroatoms. The Kier molecular flexibility index (Phi) is 6.39. The Morgan fingerprint density at radius 2 is 2.27 bits per heavy atom. The standard InChI is InChI=1S/C19H27N5O.HI/c1-2-20-18(24-11-8-19(13-24)9-12-25-14-19)21-10-7-17-22-15-5-3-4-6-16(15)23-17;/h3-6H,2,7-14H2,1H3,(H,20,21)(H,22,23);1H. The molecule has 2 saturated heterocycles. The van der Waals surface area contributed by atoms with Crippen molar-refractivity contribution in [1.29, 1.82) is 0 Å². The van der Waals surface area contributed by atoms with Crippen LogP contribution in [0.3, 0.4) is 0 Å². The van der Waals surface area contributed by atoms with Gasteiger partial charge in [-0.1, -0.05) is 12.1 Å². The summed E-state index contributed by atoms with van der Waals surface area (Å²) in [6.45, 7) is 7.70. The Bertz CT molecular complexity index is 720. The van der Waals surface area contributed by atoms with Crippen LogP contribution in [0, 0.1) is 5.41 Å². The lowest BCUT2D eigenvalue weighted by molar-refractivity contribution is 0.156. The largest absolute Gasteiger partial charge is 0.381 e. The van der Waals surface area contributed by atoms with E-state index < -0.39 is 0 Å². The number of H-pyrrole nitrogens is 1. The van der Waals surface area contributed by atoms with Gasteiger partial charge in [-0.3, -0.25) is 4.99 Å². The number of aliphatic imine (C=N–C) groups is 1. The molecule has 2 N–H and O–H groups in total. The molecule has 2 aromatic rings. The second-order valence-electron chi connectivity index (χ2n) is 7.16. The van der Waals surface area contributed by atoms with Crippen molar-refractivity contribution in [1.82, 2.24) is 20.2 Å². The van der Waals surface area contributed by atoms with Gasteiger partial charge in [-0.2, -0.15) is 0 Å². The number of rotatable bonds is 4. The van der Waals surface area contributed by atoms with Crippen molar-refractivity contribution in [2.45, 2.75) is 26.2 Å². The van der Waals surface area contributed by atoms with Gasteiger partial charge in [0.1, 0.15) is 5.82 Å². The summed E-state index contributed by atoms with van der Waals surface area (Å²) >= 11 is 0. The summed E-state index contributed by atoms with van der Waals surface area (Å²) in [5, 5.41) is 3.45. The molecule has 0 amide bonds. The summed E-state index contributed by atoms with van der Waals surface area (Å²) < 4.78 is 5.64. The number of fused-ring (bicyclic) bond motifs is 1. The zero-order valence-corrected chi connectivity index (χ0v) is 17.7. The molecule has 3 heterocycles. The van der Waals surface area contributed by atoms with Crippen LogP contribution in [0.25, 0.3) is 11.0 Å². The van der Waals surface area contributed by atoms with Crippen LogP contribution >= 0.6 is 24.0 Å². The minimum atomic E-state index is 0. The first-order valence-electron chi connectivity index (χ1n) is 9.33. The van der Waals surface area contributed by atoms with Gasteiger partial charge in [0.2, 0.25) is 0 Å². The van der Waals surface area contributed by atoms with E-state index in [1.807, 2.05) is 18.2 Å². The molecule has 0 aliphatic carbocycles. The van der Waals surface area contributed by atoms with Crippen molar-refractivity contribution < 1.29 is 4.74 Å². The van der Waals surface area contributed by atoms with Gasteiger partial charge >= 0.3 is 0 Å². The van der Waals surface area contributed by atoms with Crippen molar-refractivity contribution in [3.8, 4) is 0 Å². The summed E-state index contributed by atoms with van der Waals surface area (Å²) in [7, 11) is 0. The number of aromatic amines is 1. The molecular weight excluding hydrogens is 441 g/mol. The van der Waals surface area contributed by atoms with Crippen LogP contribution in [0.4, 0.5) is 0 Å². The molecule has 2 aliphatic heterocycles. The molecule has 6 nitrogen and oxygen atoms in total. The van der Waals surface area contributed by atoms with E-state index in [2.05, 4.69) is 33.2 Å². The molecule has 2 fully saturated rings. The summed E-state index contributed by atoms with van der Waals surface area (Å²) in [4.78, 5) is 15.3. The van der Waals surface area contributed by atoms with Gasteiger partial charge in [0.05, 0.1) is 17.6 Å². The van der Waals surface area contributed by atoms with Gasteiger partial charge in [0.25, 0.3) is 0 Å². The molecule has 1 aromatic carbocycles. The molecule has 1 aromatic heterocycles. The highest BCUT2D eigenvalue weighted by atomic mass is 127. The molecule has 26 heavy (non-hydrogen) atoms. The Hall–Kier alpha value is -1.35. The number of nitrogens with zero attached hydrogens (tertiary/aromatic N) is 3. The Morgan fingerprint density at radius 1 is 1.38 bits per heavy atom. The molecule has 1 unspecified atom stereocenters. The number of ether oxygens (including phenoxy) is 1. The predicted octanol–water partition coefficient (Wildman–Crippen LogP) is 2.80. The molecule has 0 radical (unpaired) electrons. The molecule has 0 saturated carbocycles. The fourth-order valence-electron chi connectivity index (χ4n) is 3.90. The SMILES string of the molecule is CCNC(=NCCc1nc2ccccc2[nH]1)N1CCC2(CCOC2)C1.I. The fraction of sp³-hybridized carbons (Fsp3) is 0.579. The summed E-state index contributed by atoms with van der Waals surface area (Å²) in [6, 6.07) is 8.15. The number of nitrogens with one attached hydrogen (secondary N) is 2. The molecule has 4 rings (SSSR count). The summed E-state index contributed by atoms with van der Waals surface area (Å²) in [5.74, 6) is 2.03.